The third kappa shape index (κ3) is 4.29. The average Bonchev–Trinajstić information content (AvgIpc) is 3.41. The number of amides is 1. The number of nitrogens with one attached hydrogen (secondary N) is 1. The molecule has 2 aromatic heterocycles. The summed E-state index contributed by atoms with van der Waals surface area (Å²) in [5.74, 6) is 0.170. The maximum atomic E-state index is 12.6. The van der Waals surface area contributed by atoms with Crippen molar-refractivity contribution in [3.05, 3.63) is 75.2 Å². The molecule has 0 saturated heterocycles. The van der Waals surface area contributed by atoms with Gasteiger partial charge in [0.05, 0.1) is 18.3 Å². The zero-order valence-electron chi connectivity index (χ0n) is 19.4. The van der Waals surface area contributed by atoms with Gasteiger partial charge in [0.2, 0.25) is 5.91 Å². The van der Waals surface area contributed by atoms with Crippen molar-refractivity contribution < 1.29 is 18.9 Å². The Bertz CT molecular complexity index is 1460. The standard InChI is InChI=1S/C25H23N3O5S/c1-13-6-7-17(14(2)8-13)20-12-33-24-16(4)23(32-5)18(10-19(20)24)15(3)9-21(29)27-25-26-11-22(34-25)28(30)31/h6-12H,1-5H3,(H,26,27,29)/b15-9+. The van der Waals surface area contributed by atoms with E-state index in [-0.39, 0.29) is 10.1 Å². The van der Waals surface area contributed by atoms with E-state index in [0.29, 0.717) is 11.3 Å². The molecule has 1 N–H and O–H groups in total. The van der Waals surface area contributed by atoms with E-state index >= 15 is 0 Å². The number of carbonyl (C=O) groups excluding carboxylic acids is 1. The van der Waals surface area contributed by atoms with Gasteiger partial charge in [-0.15, -0.1) is 0 Å². The van der Waals surface area contributed by atoms with Crippen LogP contribution in [0.15, 0.2) is 47.2 Å². The number of methoxy groups -OCH3 is 1. The predicted molar refractivity (Wildman–Crippen MR) is 133 cm³/mol. The lowest BCUT2D eigenvalue weighted by atomic mass is 9.94. The number of allylic oxidation sites excluding steroid dienone is 1. The molecular weight excluding hydrogens is 454 g/mol. The van der Waals surface area contributed by atoms with Crippen molar-refractivity contribution >= 4 is 43.9 Å². The second-order valence-corrected chi connectivity index (χ2v) is 9.01. The third-order valence-electron chi connectivity index (χ3n) is 5.60. The molecule has 0 saturated carbocycles. The summed E-state index contributed by atoms with van der Waals surface area (Å²) < 4.78 is 11.6. The minimum atomic E-state index is -0.546. The van der Waals surface area contributed by atoms with Gasteiger partial charge >= 0.3 is 5.00 Å². The molecule has 9 heteroatoms. The Hall–Kier alpha value is -3.98. The second-order valence-electron chi connectivity index (χ2n) is 8.00. The van der Waals surface area contributed by atoms with Gasteiger partial charge in [-0.3, -0.25) is 20.2 Å². The maximum absolute atomic E-state index is 12.6. The smallest absolute Gasteiger partial charge is 0.345 e. The molecule has 0 bridgehead atoms. The fourth-order valence-electron chi connectivity index (χ4n) is 4.02. The predicted octanol–water partition coefficient (Wildman–Crippen LogP) is 6.44. The lowest BCUT2D eigenvalue weighted by Gasteiger charge is -2.13. The van der Waals surface area contributed by atoms with E-state index in [1.54, 1.807) is 13.4 Å². The molecule has 8 nitrogen and oxygen atoms in total. The first kappa shape index (κ1) is 23.2. The summed E-state index contributed by atoms with van der Waals surface area (Å²) in [6, 6.07) is 8.24. The fourth-order valence-corrected chi connectivity index (χ4v) is 4.65. The number of nitrogens with zero attached hydrogens (tertiary/aromatic N) is 2. The number of anilines is 1. The van der Waals surface area contributed by atoms with Crippen molar-refractivity contribution in [3.63, 3.8) is 0 Å². The van der Waals surface area contributed by atoms with Crippen LogP contribution in [0.5, 0.6) is 5.75 Å². The molecule has 0 spiro atoms. The Labute approximate surface area is 200 Å². The monoisotopic (exact) mass is 477 g/mol. The van der Waals surface area contributed by atoms with Crippen LogP contribution in [-0.4, -0.2) is 22.9 Å². The topological polar surface area (TPSA) is 108 Å². The maximum Gasteiger partial charge on any atom is 0.345 e. The molecule has 0 aliphatic carbocycles. The molecule has 0 atom stereocenters. The summed E-state index contributed by atoms with van der Waals surface area (Å²) in [5, 5.41) is 14.4. The number of ether oxygens (including phenoxy) is 1. The summed E-state index contributed by atoms with van der Waals surface area (Å²) in [6.45, 7) is 7.85. The van der Waals surface area contributed by atoms with Crippen LogP contribution in [0.1, 0.15) is 29.2 Å². The Morgan fingerprint density at radius 3 is 2.65 bits per heavy atom. The highest BCUT2D eigenvalue weighted by atomic mass is 32.1. The van der Waals surface area contributed by atoms with E-state index in [1.807, 2.05) is 19.9 Å². The molecule has 34 heavy (non-hydrogen) atoms. The molecule has 174 valence electrons. The number of aryl methyl sites for hydroxylation is 3. The Balaban J connectivity index is 1.75. The van der Waals surface area contributed by atoms with E-state index in [9.17, 15) is 14.9 Å². The summed E-state index contributed by atoms with van der Waals surface area (Å²) in [7, 11) is 1.58. The lowest BCUT2D eigenvalue weighted by molar-refractivity contribution is -0.380. The molecule has 0 radical (unpaired) electrons. The molecule has 4 rings (SSSR count). The van der Waals surface area contributed by atoms with Gasteiger partial charge in [0.25, 0.3) is 0 Å². The van der Waals surface area contributed by atoms with Crippen molar-refractivity contribution in [3.8, 4) is 16.9 Å². The number of rotatable bonds is 6. The van der Waals surface area contributed by atoms with Gasteiger partial charge in [-0.05, 0) is 61.8 Å². The van der Waals surface area contributed by atoms with E-state index in [1.165, 1.54) is 11.6 Å². The van der Waals surface area contributed by atoms with Crippen LogP contribution in [0.4, 0.5) is 10.1 Å². The third-order valence-corrected chi connectivity index (χ3v) is 6.46. The van der Waals surface area contributed by atoms with E-state index in [4.69, 9.17) is 9.15 Å². The number of hydrogen-bond donors (Lipinski definition) is 1. The van der Waals surface area contributed by atoms with Crippen molar-refractivity contribution in [2.24, 2.45) is 0 Å². The quantitative estimate of drug-likeness (QED) is 0.194. The molecule has 2 aromatic carbocycles. The van der Waals surface area contributed by atoms with Gasteiger partial charge in [-0.2, -0.15) is 0 Å². The number of carbonyl (C=O) groups is 1. The van der Waals surface area contributed by atoms with Gasteiger partial charge in [0, 0.05) is 28.2 Å². The molecule has 1 amide bonds. The summed E-state index contributed by atoms with van der Waals surface area (Å²) >= 11 is 0.799. The highest BCUT2D eigenvalue weighted by Crippen LogP contribution is 2.41. The van der Waals surface area contributed by atoms with Gasteiger partial charge in [0.1, 0.15) is 17.5 Å². The fraction of sp³-hybridized carbons (Fsp3) is 0.200. The zero-order chi connectivity index (χ0) is 24.6. The van der Waals surface area contributed by atoms with Crippen LogP contribution in [0.3, 0.4) is 0 Å². The minimum Gasteiger partial charge on any atom is -0.496 e. The van der Waals surface area contributed by atoms with Crippen LogP contribution in [-0.2, 0) is 4.79 Å². The average molecular weight is 478 g/mol. The van der Waals surface area contributed by atoms with Crippen LogP contribution < -0.4 is 10.1 Å². The van der Waals surface area contributed by atoms with Gasteiger partial charge < -0.3 is 9.15 Å². The number of benzene rings is 2. The van der Waals surface area contributed by atoms with E-state index < -0.39 is 10.8 Å². The molecular formula is C25H23N3O5S. The van der Waals surface area contributed by atoms with Crippen LogP contribution in [0.2, 0.25) is 0 Å². The molecule has 0 unspecified atom stereocenters. The summed E-state index contributed by atoms with van der Waals surface area (Å²) in [5.41, 5.74) is 7.33. The van der Waals surface area contributed by atoms with Crippen molar-refractivity contribution in [2.45, 2.75) is 27.7 Å². The number of hydrogen-bond acceptors (Lipinski definition) is 7. The highest BCUT2D eigenvalue weighted by Gasteiger charge is 2.20. The van der Waals surface area contributed by atoms with Crippen LogP contribution in [0, 0.1) is 30.9 Å². The molecule has 0 fully saturated rings. The first-order valence-corrected chi connectivity index (χ1v) is 11.3. The first-order chi connectivity index (χ1) is 16.2. The van der Waals surface area contributed by atoms with E-state index in [2.05, 4.69) is 42.3 Å². The SMILES string of the molecule is COc1c(/C(C)=C/C(=O)Nc2ncc([N+](=O)[O-])s2)cc2c(-c3ccc(C)cc3C)coc2c1C. The van der Waals surface area contributed by atoms with Gasteiger partial charge in [-0.1, -0.05) is 23.8 Å². The minimum absolute atomic E-state index is 0.141. The van der Waals surface area contributed by atoms with Crippen LogP contribution in [0.25, 0.3) is 27.7 Å². The first-order valence-electron chi connectivity index (χ1n) is 10.5. The van der Waals surface area contributed by atoms with Crippen molar-refractivity contribution in [2.75, 3.05) is 12.4 Å². The molecule has 0 aliphatic heterocycles. The van der Waals surface area contributed by atoms with Crippen LogP contribution >= 0.6 is 11.3 Å². The normalized spacial score (nSPS) is 11.6. The van der Waals surface area contributed by atoms with Crippen molar-refractivity contribution in [1.29, 1.82) is 0 Å². The van der Waals surface area contributed by atoms with E-state index in [0.717, 1.165) is 56.3 Å². The Morgan fingerprint density at radius 2 is 2.00 bits per heavy atom. The second kappa shape index (κ2) is 9.11. The van der Waals surface area contributed by atoms with Gasteiger partial charge in [-0.25, -0.2) is 4.98 Å². The summed E-state index contributed by atoms with van der Waals surface area (Å²) in [4.78, 5) is 26.8. The number of thiazole rings is 1. The Morgan fingerprint density at radius 1 is 1.24 bits per heavy atom. The largest absolute Gasteiger partial charge is 0.496 e. The number of nitro groups is 1. The lowest BCUT2D eigenvalue weighted by Crippen LogP contribution is -2.08. The number of aromatic nitrogens is 1. The molecule has 4 aromatic rings. The van der Waals surface area contributed by atoms with Crippen molar-refractivity contribution in [1.82, 2.24) is 4.98 Å². The molecule has 0 aliphatic rings. The molecule has 2 heterocycles. The summed E-state index contributed by atoms with van der Waals surface area (Å²) in [6.07, 6.45) is 4.29. The number of furan rings is 1. The van der Waals surface area contributed by atoms with Gasteiger partial charge in [0.15, 0.2) is 5.13 Å². The zero-order valence-corrected chi connectivity index (χ0v) is 20.2. The Kier molecular flexibility index (Phi) is 6.21. The number of fused-ring (bicyclic) bond motifs is 1. The highest BCUT2D eigenvalue weighted by molar-refractivity contribution is 7.18.